The predicted octanol–water partition coefficient (Wildman–Crippen LogP) is 0.131. The first-order valence-electron chi connectivity index (χ1n) is 8.16. The van der Waals surface area contributed by atoms with Gasteiger partial charge in [-0.3, -0.25) is 9.89 Å². The first kappa shape index (κ1) is 18.8. The largest absolute Gasteiger partial charge is 0.468 e. The molecule has 0 saturated carbocycles. The second-order valence-electron chi connectivity index (χ2n) is 5.82. The highest BCUT2D eigenvalue weighted by atomic mass is 32.2. The second kappa shape index (κ2) is 9.05. The Bertz CT molecular complexity index is 609. The van der Waals surface area contributed by atoms with Gasteiger partial charge in [0.2, 0.25) is 10.0 Å². The summed E-state index contributed by atoms with van der Waals surface area (Å²) in [7, 11) is -1.47. The Morgan fingerprint density at radius 3 is 2.67 bits per heavy atom. The van der Waals surface area contributed by atoms with Crippen molar-refractivity contribution < 1.29 is 12.8 Å². The summed E-state index contributed by atoms with van der Waals surface area (Å²) in [6.07, 6.45) is 5.26. The van der Waals surface area contributed by atoms with Crippen molar-refractivity contribution >= 4 is 16.0 Å². The van der Waals surface area contributed by atoms with Gasteiger partial charge in [-0.1, -0.05) is 0 Å². The van der Waals surface area contributed by atoms with Gasteiger partial charge < -0.3 is 15.1 Å². The smallest absolute Gasteiger partial charge is 0.208 e. The molecule has 0 aliphatic carbocycles. The number of guanidine groups is 1. The van der Waals surface area contributed by atoms with Crippen molar-refractivity contribution in [3.05, 3.63) is 24.2 Å². The molecule has 1 aromatic heterocycles. The zero-order valence-electron chi connectivity index (χ0n) is 14.3. The molecule has 1 aliphatic rings. The Kier molecular flexibility index (Phi) is 7.07. The third kappa shape index (κ3) is 6.14. The second-order valence-corrected chi connectivity index (χ2v) is 7.65. The number of furan rings is 1. The molecular formula is C15H27N5O3S. The van der Waals surface area contributed by atoms with Gasteiger partial charge in [0.25, 0.3) is 0 Å². The highest BCUT2D eigenvalue weighted by molar-refractivity contribution is 7.88. The van der Waals surface area contributed by atoms with Crippen LogP contribution in [0.15, 0.2) is 27.8 Å². The number of hydrogen-bond acceptors (Lipinski definition) is 5. The van der Waals surface area contributed by atoms with Gasteiger partial charge in [0.1, 0.15) is 5.76 Å². The maximum Gasteiger partial charge on any atom is 0.208 e. The molecule has 1 aliphatic heterocycles. The number of aliphatic imine (C=N–C) groups is 1. The highest BCUT2D eigenvalue weighted by Gasteiger charge is 2.25. The first-order chi connectivity index (χ1) is 11.5. The summed E-state index contributed by atoms with van der Waals surface area (Å²) in [6.45, 7) is 3.58. The van der Waals surface area contributed by atoms with Crippen LogP contribution in [0.4, 0.5) is 0 Å². The first-order valence-corrected chi connectivity index (χ1v) is 10.1. The number of hydrogen-bond donors (Lipinski definition) is 3. The van der Waals surface area contributed by atoms with E-state index in [-0.39, 0.29) is 6.04 Å². The van der Waals surface area contributed by atoms with E-state index in [0.29, 0.717) is 25.6 Å². The Hall–Kier alpha value is -1.58. The van der Waals surface area contributed by atoms with E-state index in [1.807, 2.05) is 12.1 Å². The van der Waals surface area contributed by atoms with Gasteiger partial charge in [-0.2, -0.15) is 0 Å². The number of nitrogens with zero attached hydrogens (tertiary/aromatic N) is 2. The van der Waals surface area contributed by atoms with E-state index in [9.17, 15) is 8.42 Å². The van der Waals surface area contributed by atoms with E-state index in [2.05, 4.69) is 25.2 Å². The zero-order valence-corrected chi connectivity index (χ0v) is 15.1. The van der Waals surface area contributed by atoms with Gasteiger partial charge in [-0.15, -0.1) is 0 Å². The van der Waals surface area contributed by atoms with Crippen molar-refractivity contribution in [1.29, 1.82) is 0 Å². The molecule has 0 bridgehead atoms. The lowest BCUT2D eigenvalue weighted by molar-refractivity contribution is 0.215. The van der Waals surface area contributed by atoms with Crippen LogP contribution >= 0.6 is 0 Å². The standard InChI is InChI=1S/C15H27N5O3S/c1-16-15(17-7-8-19-24(2,21)22)18-12-13(14-6-5-11-23-14)20-9-3-4-10-20/h5-6,11,13,19H,3-4,7-10,12H2,1-2H3,(H2,16,17,18). The molecule has 1 atom stereocenters. The van der Waals surface area contributed by atoms with Crippen LogP contribution in [0.3, 0.4) is 0 Å². The van der Waals surface area contributed by atoms with Crippen LogP contribution in [0, 0.1) is 0 Å². The Balaban J connectivity index is 1.83. The fraction of sp³-hybridized carbons (Fsp3) is 0.667. The van der Waals surface area contributed by atoms with Crippen molar-refractivity contribution in [3.63, 3.8) is 0 Å². The van der Waals surface area contributed by atoms with Crippen molar-refractivity contribution in [2.45, 2.75) is 18.9 Å². The van der Waals surface area contributed by atoms with E-state index < -0.39 is 10.0 Å². The summed E-state index contributed by atoms with van der Waals surface area (Å²) in [4.78, 5) is 6.58. The van der Waals surface area contributed by atoms with Gasteiger partial charge in [-0.25, -0.2) is 13.1 Å². The summed E-state index contributed by atoms with van der Waals surface area (Å²) in [6, 6.07) is 4.06. The van der Waals surface area contributed by atoms with E-state index in [0.717, 1.165) is 25.1 Å². The van der Waals surface area contributed by atoms with Gasteiger partial charge in [-0.05, 0) is 38.1 Å². The van der Waals surface area contributed by atoms with Crippen molar-refractivity contribution in [1.82, 2.24) is 20.3 Å². The zero-order chi connectivity index (χ0) is 17.4. The molecule has 136 valence electrons. The Morgan fingerprint density at radius 2 is 2.08 bits per heavy atom. The molecule has 2 heterocycles. The minimum atomic E-state index is -3.16. The van der Waals surface area contributed by atoms with Crippen LogP contribution in [0.25, 0.3) is 0 Å². The van der Waals surface area contributed by atoms with E-state index in [1.54, 1.807) is 13.3 Å². The van der Waals surface area contributed by atoms with Gasteiger partial charge >= 0.3 is 0 Å². The predicted molar refractivity (Wildman–Crippen MR) is 94.5 cm³/mol. The van der Waals surface area contributed by atoms with Crippen LogP contribution in [0.5, 0.6) is 0 Å². The summed E-state index contributed by atoms with van der Waals surface area (Å²) in [5.41, 5.74) is 0. The van der Waals surface area contributed by atoms with Gasteiger partial charge in [0, 0.05) is 26.7 Å². The highest BCUT2D eigenvalue weighted by Crippen LogP contribution is 2.24. The molecule has 1 saturated heterocycles. The summed E-state index contributed by atoms with van der Waals surface area (Å²) < 4.78 is 30.1. The molecule has 0 amide bonds. The normalized spacial score (nSPS) is 17.8. The summed E-state index contributed by atoms with van der Waals surface area (Å²) >= 11 is 0. The molecule has 3 N–H and O–H groups in total. The summed E-state index contributed by atoms with van der Waals surface area (Å²) in [5, 5.41) is 6.39. The maximum atomic E-state index is 11.0. The van der Waals surface area contributed by atoms with E-state index >= 15 is 0 Å². The lowest BCUT2D eigenvalue weighted by Gasteiger charge is -2.26. The molecule has 0 radical (unpaired) electrons. The maximum absolute atomic E-state index is 11.0. The topological polar surface area (TPSA) is 99.0 Å². The Morgan fingerprint density at radius 1 is 1.33 bits per heavy atom. The van der Waals surface area contributed by atoms with Gasteiger partial charge in [0.05, 0.1) is 18.6 Å². The number of nitrogens with one attached hydrogen (secondary N) is 3. The lowest BCUT2D eigenvalue weighted by Crippen LogP contribution is -2.44. The molecule has 1 unspecified atom stereocenters. The lowest BCUT2D eigenvalue weighted by atomic mass is 10.2. The van der Waals surface area contributed by atoms with Crippen LogP contribution in [-0.4, -0.2) is 65.3 Å². The van der Waals surface area contributed by atoms with Gasteiger partial charge in [0.15, 0.2) is 5.96 Å². The van der Waals surface area contributed by atoms with Crippen LogP contribution in [0.1, 0.15) is 24.6 Å². The summed E-state index contributed by atoms with van der Waals surface area (Å²) in [5.74, 6) is 1.58. The molecule has 2 rings (SSSR count). The molecule has 24 heavy (non-hydrogen) atoms. The number of likely N-dealkylation sites (tertiary alicyclic amines) is 1. The molecular weight excluding hydrogens is 330 g/mol. The fourth-order valence-electron chi connectivity index (χ4n) is 2.78. The average Bonchev–Trinajstić information content (AvgIpc) is 3.22. The molecule has 9 heteroatoms. The van der Waals surface area contributed by atoms with Crippen LogP contribution in [0.2, 0.25) is 0 Å². The van der Waals surface area contributed by atoms with Crippen LogP contribution in [-0.2, 0) is 10.0 Å². The third-order valence-corrected chi connectivity index (χ3v) is 4.65. The molecule has 8 nitrogen and oxygen atoms in total. The van der Waals surface area contributed by atoms with Crippen molar-refractivity contribution in [2.24, 2.45) is 4.99 Å². The Labute approximate surface area is 143 Å². The molecule has 1 aromatic rings. The minimum Gasteiger partial charge on any atom is -0.468 e. The monoisotopic (exact) mass is 357 g/mol. The fourth-order valence-corrected chi connectivity index (χ4v) is 3.25. The quantitative estimate of drug-likeness (QED) is 0.347. The molecule has 0 spiro atoms. The SMILES string of the molecule is CN=C(NCCNS(C)(=O)=O)NCC(c1ccco1)N1CCCC1. The average molecular weight is 357 g/mol. The number of sulfonamides is 1. The molecule has 1 fully saturated rings. The van der Waals surface area contributed by atoms with E-state index in [4.69, 9.17) is 4.42 Å². The third-order valence-electron chi connectivity index (χ3n) is 3.92. The van der Waals surface area contributed by atoms with Crippen molar-refractivity contribution in [2.75, 3.05) is 46.0 Å². The number of rotatable bonds is 8. The van der Waals surface area contributed by atoms with Crippen LogP contribution < -0.4 is 15.4 Å². The molecule has 0 aromatic carbocycles. The van der Waals surface area contributed by atoms with E-state index in [1.165, 1.54) is 12.8 Å². The minimum absolute atomic E-state index is 0.162. The van der Waals surface area contributed by atoms with Crippen molar-refractivity contribution in [3.8, 4) is 0 Å².